The zero-order chi connectivity index (χ0) is 26.7. The van der Waals surface area contributed by atoms with Crippen molar-refractivity contribution < 1.29 is 19.1 Å². The van der Waals surface area contributed by atoms with Crippen molar-refractivity contribution in [1.82, 2.24) is 15.6 Å². The summed E-state index contributed by atoms with van der Waals surface area (Å²) >= 11 is 1.14. The van der Waals surface area contributed by atoms with Crippen molar-refractivity contribution >= 4 is 34.5 Å². The summed E-state index contributed by atoms with van der Waals surface area (Å²) in [6, 6.07) is 22.4. The lowest BCUT2D eigenvalue weighted by molar-refractivity contribution is -0.120. The Labute approximate surface area is 224 Å². The van der Waals surface area contributed by atoms with Gasteiger partial charge in [0.1, 0.15) is 29.7 Å². The van der Waals surface area contributed by atoms with Crippen molar-refractivity contribution in [2.45, 2.75) is 20.3 Å². The van der Waals surface area contributed by atoms with Gasteiger partial charge in [-0.15, -0.1) is 10.2 Å². The third kappa shape index (κ3) is 7.71. The van der Waals surface area contributed by atoms with Crippen LogP contribution in [-0.4, -0.2) is 41.4 Å². The van der Waals surface area contributed by atoms with Crippen LogP contribution in [-0.2, 0) is 11.2 Å². The van der Waals surface area contributed by atoms with Gasteiger partial charge in [0.25, 0.3) is 5.91 Å². The zero-order valence-electron chi connectivity index (χ0n) is 21.0. The average Bonchev–Trinajstić information content (AvgIpc) is 3.35. The highest BCUT2D eigenvalue weighted by Crippen LogP contribution is 2.18. The van der Waals surface area contributed by atoms with Gasteiger partial charge in [-0.25, -0.2) is 5.43 Å². The number of nitrogens with one attached hydrogen (secondary N) is 2. The molecule has 1 heterocycles. The molecule has 10 heteroatoms. The number of amides is 2. The van der Waals surface area contributed by atoms with Crippen LogP contribution in [0.2, 0.25) is 0 Å². The molecule has 0 saturated carbocycles. The minimum Gasteiger partial charge on any atom is -0.490 e. The molecule has 194 valence electrons. The number of carbonyl (C=O) groups is 2. The highest BCUT2D eigenvalue weighted by atomic mass is 32.1. The molecule has 0 bridgehead atoms. The van der Waals surface area contributed by atoms with E-state index in [1.54, 1.807) is 12.1 Å². The first-order valence-corrected chi connectivity index (χ1v) is 12.7. The summed E-state index contributed by atoms with van der Waals surface area (Å²) in [5.74, 6) is 0.942. The van der Waals surface area contributed by atoms with E-state index >= 15 is 0 Å². The molecule has 0 atom stereocenters. The minimum atomic E-state index is -0.345. The van der Waals surface area contributed by atoms with Gasteiger partial charge in [0.15, 0.2) is 0 Å². The summed E-state index contributed by atoms with van der Waals surface area (Å²) in [5, 5.41) is 15.4. The first-order chi connectivity index (χ1) is 18.5. The molecule has 0 spiro atoms. The van der Waals surface area contributed by atoms with Crippen LogP contribution in [0.1, 0.15) is 32.1 Å². The van der Waals surface area contributed by atoms with E-state index < -0.39 is 0 Å². The monoisotopic (exact) mass is 529 g/mol. The van der Waals surface area contributed by atoms with E-state index in [1.165, 1.54) is 6.21 Å². The van der Waals surface area contributed by atoms with Gasteiger partial charge in [0.05, 0.1) is 12.6 Å². The van der Waals surface area contributed by atoms with Crippen molar-refractivity contribution in [2.24, 2.45) is 5.10 Å². The smallest absolute Gasteiger partial charge is 0.257 e. The van der Waals surface area contributed by atoms with Gasteiger partial charge in [0, 0.05) is 5.56 Å². The van der Waals surface area contributed by atoms with Crippen LogP contribution >= 0.6 is 11.3 Å². The molecule has 38 heavy (non-hydrogen) atoms. The quantitative estimate of drug-likeness (QED) is 0.167. The van der Waals surface area contributed by atoms with Crippen molar-refractivity contribution in [2.75, 3.05) is 18.5 Å². The second-order valence-electron chi connectivity index (χ2n) is 8.27. The van der Waals surface area contributed by atoms with Crippen LogP contribution in [0.4, 0.5) is 5.13 Å². The van der Waals surface area contributed by atoms with Gasteiger partial charge in [0.2, 0.25) is 11.0 Å². The number of rotatable bonds is 11. The molecule has 0 radical (unpaired) electrons. The van der Waals surface area contributed by atoms with Gasteiger partial charge in [-0.1, -0.05) is 47.7 Å². The van der Waals surface area contributed by atoms with Crippen molar-refractivity contribution in [3.63, 3.8) is 0 Å². The number of para-hydroxylation sites is 1. The molecule has 9 nitrogen and oxygen atoms in total. The standard InChI is InChI=1S/C28H27N5O4S/c1-19-7-3-5-9-23(19)27(35)30-28-33-32-26(38-28)17-25(34)31-29-18-21-11-13-22(14-12-21)36-15-16-37-24-10-6-4-8-20(24)2/h3-14,18H,15-17H2,1-2H3,(H,31,34)(H,30,33,35)/b29-18-. The van der Waals surface area contributed by atoms with E-state index in [1.807, 2.05) is 74.5 Å². The molecular weight excluding hydrogens is 502 g/mol. The summed E-state index contributed by atoms with van der Waals surface area (Å²) in [6.07, 6.45) is 1.53. The van der Waals surface area contributed by atoms with Crippen LogP contribution in [0.25, 0.3) is 0 Å². The summed E-state index contributed by atoms with van der Waals surface area (Å²) in [7, 11) is 0. The maximum Gasteiger partial charge on any atom is 0.257 e. The summed E-state index contributed by atoms with van der Waals surface area (Å²) in [6.45, 7) is 4.72. The Balaban J connectivity index is 1.18. The van der Waals surface area contributed by atoms with Gasteiger partial charge in [-0.05, 0) is 66.9 Å². The Kier molecular flexibility index (Phi) is 9.14. The van der Waals surface area contributed by atoms with Gasteiger partial charge >= 0.3 is 0 Å². The van der Waals surface area contributed by atoms with Crippen LogP contribution < -0.4 is 20.2 Å². The lowest BCUT2D eigenvalue weighted by Gasteiger charge is -2.10. The number of hydrazone groups is 1. The molecule has 0 saturated heterocycles. The fourth-order valence-corrected chi connectivity index (χ4v) is 4.14. The molecule has 0 aliphatic heterocycles. The molecule has 0 aliphatic rings. The number of carbonyl (C=O) groups excluding carboxylic acids is 2. The Morgan fingerprint density at radius 3 is 2.37 bits per heavy atom. The fourth-order valence-electron chi connectivity index (χ4n) is 3.40. The van der Waals surface area contributed by atoms with E-state index in [0.29, 0.717) is 34.7 Å². The lowest BCUT2D eigenvalue weighted by atomic mass is 10.1. The van der Waals surface area contributed by atoms with Crippen LogP contribution in [0.3, 0.4) is 0 Å². The number of hydrogen-bond donors (Lipinski definition) is 2. The average molecular weight is 530 g/mol. The van der Waals surface area contributed by atoms with Gasteiger partial charge in [-0.2, -0.15) is 5.10 Å². The van der Waals surface area contributed by atoms with E-state index in [2.05, 4.69) is 26.0 Å². The number of ether oxygens (including phenoxy) is 2. The Hall–Kier alpha value is -4.57. The lowest BCUT2D eigenvalue weighted by Crippen LogP contribution is -2.19. The molecule has 0 aliphatic carbocycles. The van der Waals surface area contributed by atoms with E-state index in [0.717, 1.165) is 33.8 Å². The summed E-state index contributed by atoms with van der Waals surface area (Å²) in [4.78, 5) is 24.6. The minimum absolute atomic E-state index is 0.00734. The Bertz CT molecular complexity index is 1420. The van der Waals surface area contributed by atoms with Gasteiger partial charge in [-0.3, -0.25) is 14.9 Å². The number of aryl methyl sites for hydroxylation is 2. The van der Waals surface area contributed by atoms with E-state index in [9.17, 15) is 9.59 Å². The predicted molar refractivity (Wildman–Crippen MR) is 147 cm³/mol. The molecular formula is C28H27N5O4S. The number of benzene rings is 3. The van der Waals surface area contributed by atoms with Crippen molar-refractivity contribution in [3.8, 4) is 11.5 Å². The first kappa shape index (κ1) is 26.5. The zero-order valence-corrected chi connectivity index (χ0v) is 21.8. The maximum absolute atomic E-state index is 12.4. The van der Waals surface area contributed by atoms with Gasteiger partial charge < -0.3 is 9.47 Å². The van der Waals surface area contributed by atoms with Crippen molar-refractivity contribution in [1.29, 1.82) is 0 Å². The van der Waals surface area contributed by atoms with Crippen LogP contribution in [0, 0.1) is 13.8 Å². The first-order valence-electron chi connectivity index (χ1n) is 11.9. The highest BCUT2D eigenvalue weighted by molar-refractivity contribution is 7.15. The number of hydrogen-bond acceptors (Lipinski definition) is 8. The van der Waals surface area contributed by atoms with Crippen LogP contribution in [0.5, 0.6) is 11.5 Å². The largest absolute Gasteiger partial charge is 0.490 e. The SMILES string of the molecule is Cc1ccccc1OCCOc1ccc(/C=N\NC(=O)Cc2nnc(NC(=O)c3ccccc3C)s2)cc1. The number of anilines is 1. The highest BCUT2D eigenvalue weighted by Gasteiger charge is 2.13. The summed E-state index contributed by atoms with van der Waals surface area (Å²) < 4.78 is 11.4. The number of nitrogens with zero attached hydrogens (tertiary/aromatic N) is 3. The normalized spacial score (nSPS) is 10.8. The second-order valence-corrected chi connectivity index (χ2v) is 9.33. The topological polar surface area (TPSA) is 115 Å². The molecule has 0 unspecified atom stereocenters. The molecule has 4 aromatic rings. The Morgan fingerprint density at radius 1 is 0.895 bits per heavy atom. The molecule has 3 aromatic carbocycles. The molecule has 4 rings (SSSR count). The fraction of sp³-hybridized carbons (Fsp3) is 0.179. The molecule has 0 fully saturated rings. The number of aromatic nitrogens is 2. The van der Waals surface area contributed by atoms with Crippen LogP contribution in [0.15, 0.2) is 77.9 Å². The van der Waals surface area contributed by atoms with Crippen molar-refractivity contribution in [3.05, 3.63) is 100 Å². The van der Waals surface area contributed by atoms with E-state index in [4.69, 9.17) is 9.47 Å². The third-order valence-electron chi connectivity index (χ3n) is 5.37. The summed E-state index contributed by atoms with van der Waals surface area (Å²) in [5.41, 5.74) is 5.77. The molecule has 2 N–H and O–H groups in total. The predicted octanol–water partition coefficient (Wildman–Crippen LogP) is 4.56. The molecule has 1 aromatic heterocycles. The maximum atomic E-state index is 12.4. The third-order valence-corrected chi connectivity index (χ3v) is 6.21. The molecule has 2 amide bonds. The van der Waals surface area contributed by atoms with E-state index in [-0.39, 0.29) is 18.2 Å². The Morgan fingerprint density at radius 2 is 1.61 bits per heavy atom. The second kappa shape index (κ2) is 13.1.